The van der Waals surface area contributed by atoms with Crippen LogP contribution < -0.4 is 0 Å². The highest BCUT2D eigenvalue weighted by Crippen LogP contribution is 2.29. The maximum Gasteiger partial charge on any atom is 0.111 e. The molecule has 2 aromatic rings. The quantitative estimate of drug-likeness (QED) is 0.726. The molecule has 15 heavy (non-hydrogen) atoms. The SMILES string of the molecule is CCC(c1ccco1)c1ccccc1C. The molecule has 1 aromatic heterocycles. The van der Waals surface area contributed by atoms with E-state index in [0.29, 0.717) is 5.92 Å². The summed E-state index contributed by atoms with van der Waals surface area (Å²) in [7, 11) is 0. The number of benzene rings is 1. The van der Waals surface area contributed by atoms with Gasteiger partial charge >= 0.3 is 0 Å². The van der Waals surface area contributed by atoms with Crippen molar-refractivity contribution in [2.24, 2.45) is 0 Å². The highest BCUT2D eigenvalue weighted by Gasteiger charge is 2.15. The summed E-state index contributed by atoms with van der Waals surface area (Å²) in [5.74, 6) is 1.45. The molecule has 0 aliphatic heterocycles. The van der Waals surface area contributed by atoms with Crippen LogP contribution in [-0.4, -0.2) is 0 Å². The van der Waals surface area contributed by atoms with E-state index in [1.54, 1.807) is 6.26 Å². The Morgan fingerprint density at radius 2 is 1.93 bits per heavy atom. The molecule has 2 rings (SSSR count). The predicted molar refractivity (Wildman–Crippen MR) is 62.0 cm³/mol. The van der Waals surface area contributed by atoms with E-state index in [-0.39, 0.29) is 0 Å². The van der Waals surface area contributed by atoms with Crippen molar-refractivity contribution in [2.75, 3.05) is 0 Å². The van der Waals surface area contributed by atoms with E-state index in [9.17, 15) is 0 Å². The van der Waals surface area contributed by atoms with Crippen LogP contribution in [0.5, 0.6) is 0 Å². The minimum absolute atomic E-state index is 0.390. The monoisotopic (exact) mass is 200 g/mol. The van der Waals surface area contributed by atoms with Crippen LogP contribution in [0.3, 0.4) is 0 Å². The Morgan fingerprint density at radius 1 is 1.13 bits per heavy atom. The molecule has 1 heterocycles. The molecule has 0 saturated heterocycles. The molecule has 1 nitrogen and oxygen atoms in total. The van der Waals surface area contributed by atoms with Crippen molar-refractivity contribution in [3.8, 4) is 0 Å². The van der Waals surface area contributed by atoms with Crippen LogP contribution in [0.15, 0.2) is 47.1 Å². The lowest BCUT2D eigenvalue weighted by Gasteiger charge is -2.15. The first-order valence-electron chi connectivity index (χ1n) is 5.42. The Hall–Kier alpha value is -1.50. The van der Waals surface area contributed by atoms with Gasteiger partial charge in [-0.15, -0.1) is 0 Å². The van der Waals surface area contributed by atoms with Gasteiger partial charge in [0.1, 0.15) is 5.76 Å². The standard InChI is InChI=1S/C14H16O/c1-3-12(14-9-6-10-15-14)13-8-5-4-7-11(13)2/h4-10,12H,3H2,1-2H3. The minimum atomic E-state index is 0.390. The van der Waals surface area contributed by atoms with Crippen LogP contribution in [-0.2, 0) is 0 Å². The topological polar surface area (TPSA) is 13.1 Å². The average molecular weight is 200 g/mol. The van der Waals surface area contributed by atoms with Crippen molar-refractivity contribution in [3.63, 3.8) is 0 Å². The number of furan rings is 1. The molecule has 78 valence electrons. The second-order valence-corrected chi connectivity index (χ2v) is 3.83. The van der Waals surface area contributed by atoms with Gasteiger partial charge in [0.2, 0.25) is 0 Å². The summed E-state index contributed by atoms with van der Waals surface area (Å²) in [6.45, 7) is 4.35. The van der Waals surface area contributed by atoms with Crippen LogP contribution in [0.4, 0.5) is 0 Å². The van der Waals surface area contributed by atoms with Crippen molar-refractivity contribution in [1.29, 1.82) is 0 Å². The second kappa shape index (κ2) is 4.35. The number of hydrogen-bond donors (Lipinski definition) is 0. The van der Waals surface area contributed by atoms with Gasteiger partial charge < -0.3 is 4.42 Å². The normalized spacial score (nSPS) is 12.7. The summed E-state index contributed by atoms with van der Waals surface area (Å²) in [4.78, 5) is 0. The molecule has 1 unspecified atom stereocenters. The molecule has 0 bridgehead atoms. The molecule has 1 atom stereocenters. The number of hydrogen-bond acceptors (Lipinski definition) is 1. The van der Waals surface area contributed by atoms with E-state index < -0.39 is 0 Å². The van der Waals surface area contributed by atoms with E-state index in [4.69, 9.17) is 4.42 Å². The van der Waals surface area contributed by atoms with Crippen molar-refractivity contribution < 1.29 is 4.42 Å². The van der Waals surface area contributed by atoms with Gasteiger partial charge in [0.05, 0.1) is 6.26 Å². The van der Waals surface area contributed by atoms with Crippen LogP contribution in [0, 0.1) is 6.92 Å². The molecular weight excluding hydrogens is 184 g/mol. The third-order valence-electron chi connectivity index (χ3n) is 2.86. The van der Waals surface area contributed by atoms with Gasteiger partial charge in [0.25, 0.3) is 0 Å². The van der Waals surface area contributed by atoms with Crippen LogP contribution in [0.25, 0.3) is 0 Å². The molecule has 0 spiro atoms. The van der Waals surface area contributed by atoms with Crippen molar-refractivity contribution in [1.82, 2.24) is 0 Å². The molecule has 0 amide bonds. The largest absolute Gasteiger partial charge is 0.469 e. The lowest BCUT2D eigenvalue weighted by Crippen LogP contribution is -2.00. The summed E-state index contributed by atoms with van der Waals surface area (Å²) in [5, 5.41) is 0. The lowest BCUT2D eigenvalue weighted by molar-refractivity contribution is 0.480. The molecule has 0 aliphatic carbocycles. The fourth-order valence-electron chi connectivity index (χ4n) is 2.04. The average Bonchev–Trinajstić information content (AvgIpc) is 2.75. The first-order chi connectivity index (χ1) is 7.33. The Balaban J connectivity index is 2.40. The molecule has 0 N–H and O–H groups in total. The van der Waals surface area contributed by atoms with Crippen molar-refractivity contribution in [3.05, 3.63) is 59.5 Å². The fraction of sp³-hybridized carbons (Fsp3) is 0.286. The highest BCUT2D eigenvalue weighted by molar-refractivity contribution is 5.33. The summed E-state index contributed by atoms with van der Waals surface area (Å²) in [6, 6.07) is 12.5. The number of aryl methyl sites for hydroxylation is 1. The molecule has 0 radical (unpaired) electrons. The molecule has 1 aromatic carbocycles. The summed E-state index contributed by atoms with van der Waals surface area (Å²) in [5.41, 5.74) is 2.70. The van der Waals surface area contributed by atoms with E-state index in [0.717, 1.165) is 12.2 Å². The Morgan fingerprint density at radius 3 is 2.53 bits per heavy atom. The molecular formula is C14H16O. The van der Waals surface area contributed by atoms with E-state index >= 15 is 0 Å². The van der Waals surface area contributed by atoms with Crippen LogP contribution >= 0.6 is 0 Å². The van der Waals surface area contributed by atoms with Gasteiger partial charge in [0, 0.05) is 5.92 Å². The first-order valence-corrected chi connectivity index (χ1v) is 5.42. The summed E-state index contributed by atoms with van der Waals surface area (Å²) in [6.07, 6.45) is 2.81. The number of rotatable bonds is 3. The molecule has 0 saturated carbocycles. The smallest absolute Gasteiger partial charge is 0.111 e. The second-order valence-electron chi connectivity index (χ2n) is 3.83. The Bertz CT molecular complexity index is 415. The highest BCUT2D eigenvalue weighted by atomic mass is 16.3. The van der Waals surface area contributed by atoms with Crippen LogP contribution in [0.2, 0.25) is 0 Å². The lowest BCUT2D eigenvalue weighted by atomic mass is 9.91. The van der Waals surface area contributed by atoms with Gasteiger partial charge in [-0.2, -0.15) is 0 Å². The zero-order chi connectivity index (χ0) is 10.7. The Kier molecular flexibility index (Phi) is 2.91. The molecule has 0 fully saturated rings. The van der Waals surface area contributed by atoms with Gasteiger partial charge in [-0.25, -0.2) is 0 Å². The maximum absolute atomic E-state index is 5.50. The zero-order valence-corrected chi connectivity index (χ0v) is 9.23. The van der Waals surface area contributed by atoms with Crippen molar-refractivity contribution >= 4 is 0 Å². The van der Waals surface area contributed by atoms with Crippen LogP contribution in [0.1, 0.15) is 36.1 Å². The van der Waals surface area contributed by atoms with Gasteiger partial charge in [0.15, 0.2) is 0 Å². The van der Waals surface area contributed by atoms with Gasteiger partial charge in [-0.1, -0.05) is 31.2 Å². The zero-order valence-electron chi connectivity index (χ0n) is 9.23. The van der Waals surface area contributed by atoms with Gasteiger partial charge in [-0.3, -0.25) is 0 Å². The van der Waals surface area contributed by atoms with E-state index in [2.05, 4.69) is 44.2 Å². The van der Waals surface area contributed by atoms with Gasteiger partial charge in [-0.05, 0) is 36.6 Å². The molecule has 1 heteroatoms. The third-order valence-corrected chi connectivity index (χ3v) is 2.86. The predicted octanol–water partition coefficient (Wildman–Crippen LogP) is 4.13. The molecule has 0 aliphatic rings. The fourth-order valence-corrected chi connectivity index (χ4v) is 2.04. The maximum atomic E-state index is 5.50. The summed E-state index contributed by atoms with van der Waals surface area (Å²) >= 11 is 0. The van der Waals surface area contributed by atoms with E-state index in [1.165, 1.54) is 11.1 Å². The third kappa shape index (κ3) is 1.96. The minimum Gasteiger partial charge on any atom is -0.469 e. The van der Waals surface area contributed by atoms with Crippen molar-refractivity contribution in [2.45, 2.75) is 26.2 Å². The van der Waals surface area contributed by atoms with E-state index in [1.807, 2.05) is 6.07 Å². The summed E-state index contributed by atoms with van der Waals surface area (Å²) < 4.78 is 5.50. The first kappa shape index (κ1) is 10.0. The Labute approximate surface area is 90.7 Å².